The van der Waals surface area contributed by atoms with Crippen molar-refractivity contribution < 1.29 is 14.7 Å². The topological polar surface area (TPSA) is 66.4 Å². The van der Waals surface area contributed by atoms with Gasteiger partial charge in [0, 0.05) is 18.5 Å². The summed E-state index contributed by atoms with van der Waals surface area (Å²) >= 11 is 0. The lowest BCUT2D eigenvalue weighted by molar-refractivity contribution is -0.127. The zero-order valence-corrected chi connectivity index (χ0v) is 9.69. The Bertz CT molecular complexity index is 468. The van der Waals surface area contributed by atoms with Gasteiger partial charge in [0.25, 0.3) is 0 Å². The van der Waals surface area contributed by atoms with Crippen LogP contribution >= 0.6 is 0 Å². The van der Waals surface area contributed by atoms with Crippen molar-refractivity contribution in [3.05, 3.63) is 29.3 Å². The number of carbonyl (C=O) groups excluding carboxylic acids is 2. The number of Topliss-reactive ketones (excluding diaryl/α,β-unsaturated/α-hetero) is 1. The smallest absolute Gasteiger partial charge is 0.224 e. The van der Waals surface area contributed by atoms with Gasteiger partial charge in [-0.2, -0.15) is 0 Å². The Morgan fingerprint density at radius 3 is 2.94 bits per heavy atom. The molecule has 0 radical (unpaired) electrons. The molecule has 1 heterocycles. The number of aliphatic hydroxyl groups excluding tert-OH is 1. The second kappa shape index (κ2) is 4.67. The molecule has 4 heteroatoms. The van der Waals surface area contributed by atoms with Crippen LogP contribution in [0.1, 0.15) is 37.0 Å². The van der Waals surface area contributed by atoms with Gasteiger partial charge in [-0.15, -0.1) is 0 Å². The highest BCUT2D eigenvalue weighted by atomic mass is 16.3. The maximum Gasteiger partial charge on any atom is 0.224 e. The van der Waals surface area contributed by atoms with E-state index in [9.17, 15) is 14.7 Å². The van der Waals surface area contributed by atoms with Gasteiger partial charge in [-0.3, -0.25) is 9.59 Å². The molecule has 2 rings (SSSR count). The van der Waals surface area contributed by atoms with E-state index in [0.717, 1.165) is 11.3 Å². The number of nitrogens with one attached hydrogen (secondary N) is 1. The van der Waals surface area contributed by atoms with Gasteiger partial charge in [-0.05, 0) is 23.6 Å². The first kappa shape index (κ1) is 11.8. The van der Waals surface area contributed by atoms with E-state index < -0.39 is 6.10 Å². The summed E-state index contributed by atoms with van der Waals surface area (Å²) in [6.07, 6.45) is 0.369. The number of aliphatic hydroxyl groups is 1. The van der Waals surface area contributed by atoms with Gasteiger partial charge in [-0.25, -0.2) is 0 Å². The van der Waals surface area contributed by atoms with Crippen molar-refractivity contribution in [2.45, 2.75) is 32.3 Å². The number of carbonyl (C=O) groups is 2. The van der Waals surface area contributed by atoms with E-state index in [-0.39, 0.29) is 11.7 Å². The fourth-order valence-corrected chi connectivity index (χ4v) is 1.95. The molecule has 0 saturated heterocycles. The summed E-state index contributed by atoms with van der Waals surface area (Å²) < 4.78 is 0. The van der Waals surface area contributed by atoms with E-state index in [4.69, 9.17) is 0 Å². The van der Waals surface area contributed by atoms with Crippen LogP contribution in [0, 0.1) is 0 Å². The molecule has 1 aromatic carbocycles. The van der Waals surface area contributed by atoms with Crippen molar-refractivity contribution in [3.8, 4) is 0 Å². The standard InChI is InChI=1S/C13H15NO3/c1-2-11(15)13(17)9-3-5-10-8(7-9)4-6-12(16)14-10/h3,5,7,13,17H,2,4,6H2,1H3,(H,14,16). The Kier molecular flexibility index (Phi) is 3.24. The minimum atomic E-state index is -1.05. The van der Waals surface area contributed by atoms with Crippen LogP contribution in [0.5, 0.6) is 0 Å². The van der Waals surface area contributed by atoms with Gasteiger partial charge in [-0.1, -0.05) is 19.1 Å². The molecule has 4 nitrogen and oxygen atoms in total. The molecular weight excluding hydrogens is 218 g/mol. The molecular formula is C13H15NO3. The van der Waals surface area contributed by atoms with Crippen molar-refractivity contribution in [3.63, 3.8) is 0 Å². The minimum Gasteiger partial charge on any atom is -0.381 e. The Labute approximate surface area is 99.6 Å². The summed E-state index contributed by atoms with van der Waals surface area (Å²) in [6.45, 7) is 1.73. The molecule has 0 fully saturated rings. The molecule has 1 unspecified atom stereocenters. The molecule has 2 N–H and O–H groups in total. The van der Waals surface area contributed by atoms with Crippen LogP contribution < -0.4 is 5.32 Å². The van der Waals surface area contributed by atoms with Crippen molar-refractivity contribution in [2.24, 2.45) is 0 Å². The molecule has 0 spiro atoms. The first-order valence-corrected chi connectivity index (χ1v) is 5.75. The summed E-state index contributed by atoms with van der Waals surface area (Å²) in [5, 5.41) is 12.6. The third-order valence-corrected chi connectivity index (χ3v) is 2.99. The molecule has 17 heavy (non-hydrogen) atoms. The molecule has 0 aromatic heterocycles. The lowest BCUT2D eigenvalue weighted by atomic mass is 9.96. The zero-order chi connectivity index (χ0) is 12.4. The van der Waals surface area contributed by atoms with Gasteiger partial charge in [0.2, 0.25) is 5.91 Å². The summed E-state index contributed by atoms with van der Waals surface area (Å²) in [4.78, 5) is 22.6. The molecule has 1 aromatic rings. The number of fused-ring (bicyclic) bond motifs is 1. The van der Waals surface area contributed by atoms with E-state index in [2.05, 4.69) is 5.32 Å². The summed E-state index contributed by atoms with van der Waals surface area (Å²) in [6, 6.07) is 5.23. The fourth-order valence-electron chi connectivity index (χ4n) is 1.95. The van der Waals surface area contributed by atoms with Crippen LogP contribution in [0.4, 0.5) is 5.69 Å². The van der Waals surface area contributed by atoms with E-state index in [1.165, 1.54) is 0 Å². The third-order valence-electron chi connectivity index (χ3n) is 2.99. The molecule has 90 valence electrons. The SMILES string of the molecule is CCC(=O)C(O)c1ccc2c(c1)CCC(=O)N2. The van der Waals surface area contributed by atoms with Crippen LogP contribution in [0.3, 0.4) is 0 Å². The molecule has 1 aliphatic heterocycles. The van der Waals surface area contributed by atoms with E-state index in [0.29, 0.717) is 24.8 Å². The van der Waals surface area contributed by atoms with Crippen molar-refractivity contribution in [1.29, 1.82) is 0 Å². The highest BCUT2D eigenvalue weighted by Gasteiger charge is 2.19. The highest BCUT2D eigenvalue weighted by molar-refractivity contribution is 5.94. The number of aryl methyl sites for hydroxylation is 1. The first-order chi connectivity index (χ1) is 8.11. The number of hydrogen-bond acceptors (Lipinski definition) is 3. The van der Waals surface area contributed by atoms with Crippen LogP contribution in [0.25, 0.3) is 0 Å². The van der Waals surface area contributed by atoms with Crippen molar-refractivity contribution in [1.82, 2.24) is 0 Å². The molecule has 1 amide bonds. The van der Waals surface area contributed by atoms with Gasteiger partial charge in [0.1, 0.15) is 6.10 Å². The normalized spacial score (nSPS) is 16.0. The molecule has 0 aliphatic carbocycles. The zero-order valence-electron chi connectivity index (χ0n) is 9.69. The van der Waals surface area contributed by atoms with Gasteiger partial charge < -0.3 is 10.4 Å². The number of benzene rings is 1. The van der Waals surface area contributed by atoms with Crippen molar-refractivity contribution in [2.75, 3.05) is 5.32 Å². The van der Waals surface area contributed by atoms with E-state index in [1.807, 2.05) is 0 Å². The summed E-state index contributed by atoms with van der Waals surface area (Å²) in [5.74, 6) is -0.180. The number of anilines is 1. The van der Waals surface area contributed by atoms with E-state index in [1.54, 1.807) is 25.1 Å². The molecule has 0 bridgehead atoms. The number of amides is 1. The molecule has 1 aliphatic rings. The lowest BCUT2D eigenvalue weighted by Gasteiger charge is -2.18. The Morgan fingerprint density at radius 2 is 2.24 bits per heavy atom. The van der Waals surface area contributed by atoms with Gasteiger partial charge in [0.05, 0.1) is 0 Å². The number of ketones is 1. The Hall–Kier alpha value is -1.68. The van der Waals surface area contributed by atoms with Gasteiger partial charge in [0.15, 0.2) is 5.78 Å². The highest BCUT2D eigenvalue weighted by Crippen LogP contribution is 2.26. The average molecular weight is 233 g/mol. The summed E-state index contributed by atoms with van der Waals surface area (Å²) in [7, 11) is 0. The monoisotopic (exact) mass is 233 g/mol. The van der Waals surface area contributed by atoms with Crippen LogP contribution in [-0.4, -0.2) is 16.8 Å². The van der Waals surface area contributed by atoms with Crippen LogP contribution in [-0.2, 0) is 16.0 Å². The predicted octanol–water partition coefficient (Wildman–Crippen LogP) is 1.58. The Balaban J connectivity index is 2.28. The molecule has 1 atom stereocenters. The third kappa shape index (κ3) is 2.36. The van der Waals surface area contributed by atoms with Crippen molar-refractivity contribution >= 4 is 17.4 Å². The minimum absolute atomic E-state index is 0.00966. The predicted molar refractivity (Wildman–Crippen MR) is 63.7 cm³/mol. The first-order valence-electron chi connectivity index (χ1n) is 5.75. The van der Waals surface area contributed by atoms with Gasteiger partial charge >= 0.3 is 0 Å². The average Bonchev–Trinajstić information content (AvgIpc) is 2.36. The maximum atomic E-state index is 11.4. The van der Waals surface area contributed by atoms with Crippen LogP contribution in [0.2, 0.25) is 0 Å². The van der Waals surface area contributed by atoms with E-state index >= 15 is 0 Å². The number of hydrogen-bond donors (Lipinski definition) is 2. The largest absolute Gasteiger partial charge is 0.381 e. The quantitative estimate of drug-likeness (QED) is 0.833. The molecule has 0 saturated carbocycles. The fraction of sp³-hybridized carbons (Fsp3) is 0.385. The summed E-state index contributed by atoms with van der Waals surface area (Å²) in [5.41, 5.74) is 2.36. The second-order valence-corrected chi connectivity index (χ2v) is 4.19. The Morgan fingerprint density at radius 1 is 1.47 bits per heavy atom. The van der Waals surface area contributed by atoms with Crippen LogP contribution in [0.15, 0.2) is 18.2 Å². The second-order valence-electron chi connectivity index (χ2n) is 4.19. The number of rotatable bonds is 3. The maximum absolute atomic E-state index is 11.4. The lowest BCUT2D eigenvalue weighted by Crippen LogP contribution is -2.19.